The van der Waals surface area contributed by atoms with Crippen molar-refractivity contribution in [3.05, 3.63) is 34.3 Å². The molecule has 1 fully saturated rings. The maximum absolute atomic E-state index is 12.9. The number of hydrogen-bond acceptors (Lipinski definition) is 7. The van der Waals surface area contributed by atoms with Gasteiger partial charge in [0, 0.05) is 18.8 Å². The zero-order chi connectivity index (χ0) is 22.7. The fourth-order valence-corrected chi connectivity index (χ4v) is 5.44. The molecule has 1 amide bonds. The Labute approximate surface area is 195 Å². The lowest BCUT2D eigenvalue weighted by Gasteiger charge is -2.16. The molecule has 0 aliphatic carbocycles. The SMILES string of the molecule is CCn1c(SCC(=O)Nc2c(C#N)c(C)c(C)n2CC2CCCO2)nnc1-c1cccs1. The normalized spacial score (nSPS) is 15.8. The van der Waals surface area contributed by atoms with E-state index < -0.39 is 0 Å². The molecule has 3 aromatic heterocycles. The summed E-state index contributed by atoms with van der Waals surface area (Å²) < 4.78 is 9.80. The largest absolute Gasteiger partial charge is 0.376 e. The second-order valence-corrected chi connectivity index (χ2v) is 9.55. The van der Waals surface area contributed by atoms with Crippen molar-refractivity contribution < 1.29 is 9.53 Å². The molecule has 0 saturated carbocycles. The third kappa shape index (κ3) is 4.46. The van der Waals surface area contributed by atoms with Crippen LogP contribution >= 0.6 is 23.1 Å². The van der Waals surface area contributed by atoms with E-state index in [0.717, 1.165) is 41.4 Å². The van der Waals surface area contributed by atoms with Crippen molar-refractivity contribution in [3.63, 3.8) is 0 Å². The molecular weight excluding hydrogens is 444 g/mol. The second kappa shape index (κ2) is 9.90. The second-order valence-electron chi connectivity index (χ2n) is 7.66. The van der Waals surface area contributed by atoms with Crippen LogP contribution in [-0.4, -0.2) is 43.7 Å². The van der Waals surface area contributed by atoms with Gasteiger partial charge in [-0.15, -0.1) is 21.5 Å². The number of carbonyl (C=O) groups is 1. The summed E-state index contributed by atoms with van der Waals surface area (Å²) in [6, 6.07) is 6.25. The molecule has 168 valence electrons. The molecule has 1 atom stereocenters. The number of nitrogens with zero attached hydrogens (tertiary/aromatic N) is 5. The summed E-state index contributed by atoms with van der Waals surface area (Å²) in [6.45, 7) is 8.04. The van der Waals surface area contributed by atoms with Crippen LogP contribution in [0.3, 0.4) is 0 Å². The average molecular weight is 471 g/mol. The van der Waals surface area contributed by atoms with Crippen molar-refractivity contribution in [1.82, 2.24) is 19.3 Å². The van der Waals surface area contributed by atoms with Crippen molar-refractivity contribution in [3.8, 4) is 16.8 Å². The van der Waals surface area contributed by atoms with Gasteiger partial charge in [-0.1, -0.05) is 17.8 Å². The predicted octanol–water partition coefficient (Wildman–Crippen LogP) is 4.23. The van der Waals surface area contributed by atoms with Gasteiger partial charge in [-0.2, -0.15) is 5.26 Å². The summed E-state index contributed by atoms with van der Waals surface area (Å²) in [7, 11) is 0. The molecule has 1 aliphatic heterocycles. The highest BCUT2D eigenvalue weighted by atomic mass is 32.2. The third-order valence-corrected chi connectivity index (χ3v) is 7.55. The summed E-state index contributed by atoms with van der Waals surface area (Å²) in [5.74, 6) is 1.37. The molecule has 8 nitrogen and oxygen atoms in total. The lowest BCUT2D eigenvalue weighted by atomic mass is 10.2. The first-order valence-electron chi connectivity index (χ1n) is 10.6. The first kappa shape index (κ1) is 22.6. The number of nitriles is 1. The standard InChI is InChI=1S/C22H26N6O2S2/c1-4-27-21(18-8-6-10-31-18)25-26-22(27)32-13-19(29)24-20-17(11-23)14(2)15(3)28(20)12-16-7-5-9-30-16/h6,8,10,16H,4-5,7,9,12-13H2,1-3H3,(H,24,29). The van der Waals surface area contributed by atoms with Gasteiger partial charge in [0.1, 0.15) is 11.9 Å². The number of nitrogens with one attached hydrogen (secondary N) is 1. The average Bonchev–Trinajstić information content (AvgIpc) is 3.58. The Kier molecular flexibility index (Phi) is 6.98. The minimum absolute atomic E-state index is 0.107. The van der Waals surface area contributed by atoms with Crippen LogP contribution in [-0.2, 0) is 22.6 Å². The van der Waals surface area contributed by atoms with Crippen LogP contribution in [0.5, 0.6) is 0 Å². The van der Waals surface area contributed by atoms with Gasteiger partial charge < -0.3 is 19.2 Å². The van der Waals surface area contributed by atoms with E-state index in [4.69, 9.17) is 4.74 Å². The van der Waals surface area contributed by atoms with Crippen molar-refractivity contribution in [2.45, 2.75) is 58.0 Å². The molecule has 1 aliphatic rings. The number of anilines is 1. The van der Waals surface area contributed by atoms with Gasteiger partial charge in [-0.05, 0) is 50.6 Å². The smallest absolute Gasteiger partial charge is 0.235 e. The molecule has 0 spiro atoms. The number of thioether (sulfide) groups is 1. The van der Waals surface area contributed by atoms with E-state index in [9.17, 15) is 10.1 Å². The van der Waals surface area contributed by atoms with Gasteiger partial charge in [0.15, 0.2) is 11.0 Å². The zero-order valence-electron chi connectivity index (χ0n) is 18.4. The van der Waals surface area contributed by atoms with Gasteiger partial charge >= 0.3 is 0 Å². The van der Waals surface area contributed by atoms with Crippen LogP contribution in [0.4, 0.5) is 5.82 Å². The van der Waals surface area contributed by atoms with E-state index in [-0.39, 0.29) is 17.8 Å². The Bertz CT molecular complexity index is 1140. The van der Waals surface area contributed by atoms with Crippen LogP contribution in [0.1, 0.15) is 36.6 Å². The van der Waals surface area contributed by atoms with Crippen molar-refractivity contribution >= 4 is 34.8 Å². The van der Waals surface area contributed by atoms with Crippen LogP contribution in [0.15, 0.2) is 22.7 Å². The van der Waals surface area contributed by atoms with Gasteiger partial charge in [0.05, 0.1) is 28.8 Å². The van der Waals surface area contributed by atoms with E-state index in [1.165, 1.54) is 11.8 Å². The van der Waals surface area contributed by atoms with Crippen LogP contribution in [0, 0.1) is 25.2 Å². The number of thiophene rings is 1. The summed E-state index contributed by atoms with van der Waals surface area (Å²) >= 11 is 2.96. The summed E-state index contributed by atoms with van der Waals surface area (Å²) in [6.07, 6.45) is 2.14. The summed E-state index contributed by atoms with van der Waals surface area (Å²) in [4.78, 5) is 13.9. The minimum atomic E-state index is -0.180. The van der Waals surface area contributed by atoms with E-state index in [1.54, 1.807) is 11.3 Å². The third-order valence-electron chi connectivity index (χ3n) is 5.72. The Morgan fingerprint density at radius 3 is 2.91 bits per heavy atom. The maximum atomic E-state index is 12.9. The Hall–Kier alpha value is -2.61. The van der Waals surface area contributed by atoms with E-state index in [1.807, 2.05) is 47.4 Å². The first-order valence-corrected chi connectivity index (χ1v) is 12.5. The van der Waals surface area contributed by atoms with Gasteiger partial charge in [0.25, 0.3) is 0 Å². The quantitative estimate of drug-likeness (QED) is 0.495. The fourth-order valence-electron chi connectivity index (χ4n) is 3.92. The van der Waals surface area contributed by atoms with E-state index >= 15 is 0 Å². The lowest BCUT2D eigenvalue weighted by Crippen LogP contribution is -2.22. The first-order chi connectivity index (χ1) is 15.5. The Balaban J connectivity index is 1.49. The molecule has 4 rings (SSSR count). The van der Waals surface area contributed by atoms with Crippen LogP contribution < -0.4 is 5.32 Å². The van der Waals surface area contributed by atoms with Crippen molar-refractivity contribution in [1.29, 1.82) is 5.26 Å². The molecule has 32 heavy (non-hydrogen) atoms. The maximum Gasteiger partial charge on any atom is 0.235 e. The molecular formula is C22H26N6O2S2. The monoisotopic (exact) mass is 470 g/mol. The molecule has 1 saturated heterocycles. The topological polar surface area (TPSA) is 97.8 Å². The summed E-state index contributed by atoms with van der Waals surface area (Å²) in [5.41, 5.74) is 2.38. The Morgan fingerprint density at radius 2 is 2.25 bits per heavy atom. The highest BCUT2D eigenvalue weighted by Crippen LogP contribution is 2.30. The molecule has 0 aromatic carbocycles. The number of carbonyl (C=O) groups excluding carboxylic acids is 1. The number of ether oxygens (including phenoxy) is 1. The number of hydrogen-bond donors (Lipinski definition) is 1. The minimum Gasteiger partial charge on any atom is -0.376 e. The number of rotatable bonds is 8. The lowest BCUT2D eigenvalue weighted by molar-refractivity contribution is -0.113. The van der Waals surface area contributed by atoms with Gasteiger partial charge in [-0.25, -0.2) is 0 Å². The molecule has 10 heteroatoms. The van der Waals surface area contributed by atoms with Crippen LogP contribution in [0.25, 0.3) is 10.7 Å². The number of aromatic nitrogens is 4. The summed E-state index contributed by atoms with van der Waals surface area (Å²) in [5, 5.41) is 24.0. The highest BCUT2D eigenvalue weighted by Gasteiger charge is 2.24. The predicted molar refractivity (Wildman–Crippen MR) is 126 cm³/mol. The number of amides is 1. The van der Waals surface area contributed by atoms with Gasteiger partial charge in [-0.3, -0.25) is 4.79 Å². The molecule has 1 N–H and O–H groups in total. The molecule has 0 bridgehead atoms. The molecule has 0 radical (unpaired) electrons. The van der Waals surface area contributed by atoms with Crippen molar-refractivity contribution in [2.75, 3.05) is 17.7 Å². The van der Waals surface area contributed by atoms with E-state index in [2.05, 4.69) is 21.6 Å². The zero-order valence-corrected chi connectivity index (χ0v) is 20.1. The fraction of sp³-hybridized carbons (Fsp3) is 0.455. The van der Waals surface area contributed by atoms with E-state index in [0.29, 0.717) is 29.6 Å². The highest BCUT2D eigenvalue weighted by molar-refractivity contribution is 7.99. The molecule has 1 unspecified atom stereocenters. The van der Waals surface area contributed by atoms with Crippen molar-refractivity contribution in [2.24, 2.45) is 0 Å². The Morgan fingerprint density at radius 1 is 1.41 bits per heavy atom. The molecule has 4 heterocycles. The van der Waals surface area contributed by atoms with Crippen LogP contribution in [0.2, 0.25) is 0 Å². The molecule has 3 aromatic rings. The van der Waals surface area contributed by atoms with Gasteiger partial charge in [0.2, 0.25) is 5.91 Å².